The summed E-state index contributed by atoms with van der Waals surface area (Å²) in [4.78, 5) is 16.7. The number of hydrogen-bond acceptors (Lipinski definition) is 5. The lowest BCUT2D eigenvalue weighted by atomic mass is 10.1. The van der Waals surface area contributed by atoms with E-state index in [1.165, 1.54) is 11.3 Å². The van der Waals surface area contributed by atoms with Gasteiger partial charge in [-0.15, -0.1) is 11.3 Å². The molecule has 0 aliphatic carbocycles. The van der Waals surface area contributed by atoms with E-state index < -0.39 is 23.2 Å². The summed E-state index contributed by atoms with van der Waals surface area (Å²) in [5.41, 5.74) is 1.32. The first-order valence-corrected chi connectivity index (χ1v) is 6.48. The van der Waals surface area contributed by atoms with E-state index in [2.05, 4.69) is 10.3 Å². The molecule has 8 heteroatoms. The van der Waals surface area contributed by atoms with E-state index in [0.29, 0.717) is 0 Å². The number of rotatable bonds is 4. The second kappa shape index (κ2) is 5.93. The molecule has 0 unspecified atom stereocenters. The number of carbonyl (C=O) groups excluding carboxylic acids is 1. The van der Waals surface area contributed by atoms with E-state index in [4.69, 9.17) is 5.84 Å². The van der Waals surface area contributed by atoms with Crippen molar-refractivity contribution in [3.8, 4) is 0 Å². The van der Waals surface area contributed by atoms with Gasteiger partial charge in [-0.25, -0.2) is 13.8 Å². The number of nitrogen functional groups attached to an aromatic ring is 1. The third-order valence-corrected chi connectivity index (χ3v) is 3.45. The first kappa shape index (κ1) is 14.4. The number of aromatic nitrogens is 1. The van der Waals surface area contributed by atoms with E-state index in [0.717, 1.165) is 22.0 Å². The van der Waals surface area contributed by atoms with Crippen molar-refractivity contribution in [2.24, 2.45) is 5.84 Å². The summed E-state index contributed by atoms with van der Waals surface area (Å²) in [6, 6.07) is 1.84. The fourth-order valence-corrected chi connectivity index (χ4v) is 2.33. The number of nitrogens with one attached hydrogen (secondary N) is 2. The molecule has 0 fully saturated rings. The quantitative estimate of drug-likeness (QED) is 0.595. The zero-order chi connectivity index (χ0) is 14.7. The molecular formula is C12H12F2N4OS. The minimum absolute atomic E-state index is 0.111. The van der Waals surface area contributed by atoms with Crippen LogP contribution in [0.3, 0.4) is 0 Å². The molecule has 0 saturated carbocycles. The maximum atomic E-state index is 13.5. The van der Waals surface area contributed by atoms with Crippen molar-refractivity contribution in [2.45, 2.75) is 13.5 Å². The highest BCUT2D eigenvalue weighted by atomic mass is 32.1. The SMILES string of the molecule is Cc1ncc(CNC(=O)c2cc(F)c(NN)c(F)c2)s1. The molecule has 0 radical (unpaired) electrons. The smallest absolute Gasteiger partial charge is 0.251 e. The minimum atomic E-state index is -0.925. The van der Waals surface area contributed by atoms with Gasteiger partial charge in [0.2, 0.25) is 0 Å². The number of hydrogen-bond donors (Lipinski definition) is 3. The predicted molar refractivity (Wildman–Crippen MR) is 72.2 cm³/mol. The highest BCUT2D eigenvalue weighted by Crippen LogP contribution is 2.20. The summed E-state index contributed by atoms with van der Waals surface area (Å²) >= 11 is 1.44. The maximum Gasteiger partial charge on any atom is 0.251 e. The van der Waals surface area contributed by atoms with Crippen molar-refractivity contribution in [3.63, 3.8) is 0 Å². The Morgan fingerprint density at radius 1 is 1.40 bits per heavy atom. The van der Waals surface area contributed by atoms with Gasteiger partial charge in [-0.05, 0) is 19.1 Å². The average Bonchev–Trinajstić information content (AvgIpc) is 2.81. The molecule has 2 aromatic rings. The number of amides is 1. The standard InChI is InChI=1S/C12H12F2N4OS/c1-6-16-4-8(20-6)5-17-12(19)7-2-9(13)11(18-15)10(14)3-7/h2-4,18H,5,15H2,1H3,(H,17,19). The Labute approximate surface area is 117 Å². The van der Waals surface area contributed by atoms with Gasteiger partial charge in [0.1, 0.15) is 5.69 Å². The van der Waals surface area contributed by atoms with Gasteiger partial charge in [0.15, 0.2) is 11.6 Å². The van der Waals surface area contributed by atoms with Crippen LogP contribution in [0.2, 0.25) is 0 Å². The van der Waals surface area contributed by atoms with Crippen LogP contribution >= 0.6 is 11.3 Å². The lowest BCUT2D eigenvalue weighted by Crippen LogP contribution is -2.23. The zero-order valence-electron chi connectivity index (χ0n) is 10.5. The summed E-state index contributed by atoms with van der Waals surface area (Å²) in [5, 5.41) is 3.45. The van der Waals surface area contributed by atoms with E-state index in [1.54, 1.807) is 6.20 Å². The summed E-state index contributed by atoms with van der Waals surface area (Å²) in [7, 11) is 0. The lowest BCUT2D eigenvalue weighted by Gasteiger charge is -2.07. The summed E-state index contributed by atoms with van der Waals surface area (Å²) in [5.74, 6) is 2.56. The van der Waals surface area contributed by atoms with E-state index in [-0.39, 0.29) is 12.1 Å². The highest BCUT2D eigenvalue weighted by Gasteiger charge is 2.14. The van der Waals surface area contributed by atoms with Crippen molar-refractivity contribution >= 4 is 22.9 Å². The van der Waals surface area contributed by atoms with Crippen molar-refractivity contribution in [2.75, 3.05) is 5.43 Å². The second-order valence-corrected chi connectivity index (χ2v) is 5.31. The van der Waals surface area contributed by atoms with Gasteiger partial charge in [-0.1, -0.05) is 0 Å². The van der Waals surface area contributed by atoms with Crippen LogP contribution in [0.1, 0.15) is 20.2 Å². The number of anilines is 1. The molecule has 4 N–H and O–H groups in total. The van der Waals surface area contributed by atoms with Crippen LogP contribution in [0.5, 0.6) is 0 Å². The van der Waals surface area contributed by atoms with Gasteiger partial charge in [-0.3, -0.25) is 10.6 Å². The Morgan fingerprint density at radius 3 is 2.55 bits per heavy atom. The number of nitrogens with zero attached hydrogens (tertiary/aromatic N) is 1. The monoisotopic (exact) mass is 298 g/mol. The molecule has 0 aliphatic heterocycles. The van der Waals surface area contributed by atoms with Crippen LogP contribution in [-0.4, -0.2) is 10.9 Å². The van der Waals surface area contributed by atoms with Gasteiger partial charge in [-0.2, -0.15) is 0 Å². The molecule has 5 nitrogen and oxygen atoms in total. The van der Waals surface area contributed by atoms with Crippen LogP contribution in [0, 0.1) is 18.6 Å². The lowest BCUT2D eigenvalue weighted by molar-refractivity contribution is 0.0950. The molecule has 1 aromatic carbocycles. The van der Waals surface area contributed by atoms with E-state index in [1.807, 2.05) is 12.3 Å². The maximum absolute atomic E-state index is 13.5. The molecule has 1 aromatic heterocycles. The third-order valence-electron chi connectivity index (χ3n) is 2.54. The highest BCUT2D eigenvalue weighted by molar-refractivity contribution is 7.11. The first-order valence-electron chi connectivity index (χ1n) is 5.66. The molecule has 0 spiro atoms. The molecule has 0 bridgehead atoms. The van der Waals surface area contributed by atoms with Crippen LogP contribution in [0.15, 0.2) is 18.3 Å². The Kier molecular flexibility index (Phi) is 4.26. The molecule has 2 rings (SSSR count). The minimum Gasteiger partial charge on any atom is -0.347 e. The van der Waals surface area contributed by atoms with Crippen molar-refractivity contribution < 1.29 is 13.6 Å². The number of carbonyl (C=O) groups is 1. The average molecular weight is 298 g/mol. The van der Waals surface area contributed by atoms with Gasteiger partial charge < -0.3 is 10.7 Å². The van der Waals surface area contributed by atoms with Crippen LogP contribution in [0.4, 0.5) is 14.5 Å². The van der Waals surface area contributed by atoms with Crippen LogP contribution in [0.25, 0.3) is 0 Å². The molecule has 106 valence electrons. The van der Waals surface area contributed by atoms with Gasteiger partial charge in [0.05, 0.1) is 11.6 Å². The van der Waals surface area contributed by atoms with Crippen LogP contribution in [-0.2, 0) is 6.54 Å². The van der Waals surface area contributed by atoms with Crippen LogP contribution < -0.4 is 16.6 Å². The van der Waals surface area contributed by atoms with Crippen molar-refractivity contribution in [1.29, 1.82) is 0 Å². The Balaban J connectivity index is 2.09. The molecule has 1 amide bonds. The zero-order valence-corrected chi connectivity index (χ0v) is 11.4. The molecule has 0 aliphatic rings. The fraction of sp³-hybridized carbons (Fsp3) is 0.167. The number of nitrogens with two attached hydrogens (primary N) is 1. The van der Waals surface area contributed by atoms with Gasteiger partial charge >= 0.3 is 0 Å². The summed E-state index contributed by atoms with van der Waals surface area (Å²) < 4.78 is 26.9. The predicted octanol–water partition coefficient (Wildman–Crippen LogP) is 1.95. The molecule has 20 heavy (non-hydrogen) atoms. The number of halogens is 2. The number of thiazole rings is 1. The second-order valence-electron chi connectivity index (χ2n) is 3.99. The molecule has 1 heterocycles. The fourth-order valence-electron chi connectivity index (χ4n) is 1.60. The van der Waals surface area contributed by atoms with E-state index in [9.17, 15) is 13.6 Å². The molecule has 0 saturated heterocycles. The van der Waals surface area contributed by atoms with E-state index >= 15 is 0 Å². The third kappa shape index (κ3) is 3.09. The largest absolute Gasteiger partial charge is 0.347 e. The topological polar surface area (TPSA) is 80.0 Å². The molecule has 0 atom stereocenters. The summed E-state index contributed by atoms with van der Waals surface area (Å²) in [6.45, 7) is 2.10. The molecular weight excluding hydrogens is 286 g/mol. The van der Waals surface area contributed by atoms with Gasteiger partial charge in [0.25, 0.3) is 5.91 Å². The van der Waals surface area contributed by atoms with Crippen molar-refractivity contribution in [1.82, 2.24) is 10.3 Å². The normalized spacial score (nSPS) is 10.4. The number of aryl methyl sites for hydroxylation is 1. The Hall–Kier alpha value is -2.06. The Bertz CT molecular complexity index is 621. The first-order chi connectivity index (χ1) is 9.51. The summed E-state index contributed by atoms with van der Waals surface area (Å²) in [6.07, 6.45) is 1.64. The number of hydrazine groups is 1. The number of benzene rings is 1. The Morgan fingerprint density at radius 2 is 2.05 bits per heavy atom. The van der Waals surface area contributed by atoms with Gasteiger partial charge in [0, 0.05) is 16.6 Å². The van der Waals surface area contributed by atoms with Crippen molar-refractivity contribution in [3.05, 3.63) is 45.4 Å².